The summed E-state index contributed by atoms with van der Waals surface area (Å²) in [5.74, 6) is 0.794. The van der Waals surface area contributed by atoms with Crippen molar-refractivity contribution in [3.8, 4) is 6.07 Å². The Balaban J connectivity index is 1.33. The minimum Gasteiger partial charge on any atom is -0.345 e. The summed E-state index contributed by atoms with van der Waals surface area (Å²) < 4.78 is 4.50. The molecule has 3 aromatic rings. The van der Waals surface area contributed by atoms with E-state index in [4.69, 9.17) is 21.8 Å². The first-order valence-corrected chi connectivity index (χ1v) is 11.1. The predicted octanol–water partition coefficient (Wildman–Crippen LogP) is 4.40. The fourth-order valence-electron chi connectivity index (χ4n) is 3.37. The fourth-order valence-corrected chi connectivity index (χ4v) is 4.23. The number of hydrogen-bond acceptors (Lipinski definition) is 6. The van der Waals surface area contributed by atoms with Crippen molar-refractivity contribution in [3.05, 3.63) is 70.5 Å². The molecule has 0 radical (unpaired) electrons. The first kappa shape index (κ1) is 21.1. The first-order chi connectivity index (χ1) is 15.1. The van der Waals surface area contributed by atoms with E-state index in [0.29, 0.717) is 42.3 Å². The van der Waals surface area contributed by atoms with Crippen LogP contribution in [0.2, 0.25) is 5.02 Å². The van der Waals surface area contributed by atoms with Crippen LogP contribution in [-0.2, 0) is 6.42 Å². The number of carbonyl (C=O) groups is 1. The Morgan fingerprint density at radius 3 is 2.61 bits per heavy atom. The van der Waals surface area contributed by atoms with Crippen molar-refractivity contribution in [3.63, 3.8) is 0 Å². The Bertz CT molecular complexity index is 1080. The van der Waals surface area contributed by atoms with Crippen LogP contribution in [0.4, 0.5) is 15.6 Å². The number of halogens is 1. The number of urea groups is 1. The Morgan fingerprint density at radius 2 is 1.87 bits per heavy atom. The molecule has 1 aliphatic heterocycles. The van der Waals surface area contributed by atoms with E-state index in [9.17, 15) is 4.79 Å². The molecule has 2 aromatic carbocycles. The molecular weight excluding hydrogens is 432 g/mol. The number of nitriles is 1. The van der Waals surface area contributed by atoms with Gasteiger partial charge in [0.25, 0.3) is 0 Å². The van der Waals surface area contributed by atoms with Gasteiger partial charge in [0.2, 0.25) is 5.13 Å². The molecule has 0 unspecified atom stereocenters. The number of aromatic nitrogens is 2. The van der Waals surface area contributed by atoms with Crippen molar-refractivity contribution >= 4 is 40.0 Å². The van der Waals surface area contributed by atoms with Crippen molar-refractivity contribution in [2.45, 2.75) is 12.8 Å². The van der Waals surface area contributed by atoms with E-state index in [0.717, 1.165) is 29.5 Å². The van der Waals surface area contributed by atoms with E-state index >= 15 is 0 Å². The van der Waals surface area contributed by atoms with E-state index in [2.05, 4.69) is 20.7 Å². The molecule has 1 aliphatic rings. The Labute approximate surface area is 190 Å². The molecule has 1 N–H and O–H groups in total. The topological polar surface area (TPSA) is 85.2 Å². The summed E-state index contributed by atoms with van der Waals surface area (Å²) in [6.45, 7) is 2.82. The normalized spacial score (nSPS) is 14.1. The number of carbonyl (C=O) groups excluding carboxylic acids is 1. The standard InChI is InChI=1S/C22H21ClN6OS/c23-18-6-2-16(3-7-18)14-20-26-22(31-27-20)29-11-1-10-28(12-13-29)21(30)25-19-8-4-17(15-24)5-9-19/h2-9H,1,10-14H2,(H,25,30). The predicted molar refractivity (Wildman–Crippen MR) is 123 cm³/mol. The molecule has 0 spiro atoms. The quantitative estimate of drug-likeness (QED) is 0.634. The highest BCUT2D eigenvalue weighted by atomic mass is 35.5. The largest absolute Gasteiger partial charge is 0.345 e. The molecule has 9 heteroatoms. The number of nitrogens with zero attached hydrogens (tertiary/aromatic N) is 5. The van der Waals surface area contributed by atoms with Crippen molar-refractivity contribution in [2.24, 2.45) is 0 Å². The van der Waals surface area contributed by atoms with Crippen LogP contribution in [0.3, 0.4) is 0 Å². The molecule has 1 saturated heterocycles. The molecule has 1 aromatic heterocycles. The van der Waals surface area contributed by atoms with Crippen LogP contribution in [0.5, 0.6) is 0 Å². The van der Waals surface area contributed by atoms with Gasteiger partial charge in [0.15, 0.2) is 0 Å². The lowest BCUT2D eigenvalue weighted by atomic mass is 10.1. The number of amides is 2. The molecule has 0 atom stereocenters. The lowest BCUT2D eigenvalue weighted by Gasteiger charge is -2.22. The van der Waals surface area contributed by atoms with E-state index in [1.54, 1.807) is 24.3 Å². The Hall–Kier alpha value is -3.15. The van der Waals surface area contributed by atoms with Gasteiger partial charge < -0.3 is 15.1 Å². The van der Waals surface area contributed by atoms with Gasteiger partial charge in [0.05, 0.1) is 11.6 Å². The Kier molecular flexibility index (Phi) is 6.65. The van der Waals surface area contributed by atoms with Gasteiger partial charge in [-0.15, -0.1) is 0 Å². The molecule has 158 valence electrons. The van der Waals surface area contributed by atoms with Gasteiger partial charge in [-0.05, 0) is 48.4 Å². The third-order valence-corrected chi connectivity index (χ3v) is 6.12. The van der Waals surface area contributed by atoms with Crippen LogP contribution >= 0.6 is 23.1 Å². The highest BCUT2D eigenvalue weighted by Crippen LogP contribution is 2.21. The van der Waals surface area contributed by atoms with Gasteiger partial charge in [-0.2, -0.15) is 9.64 Å². The zero-order chi connectivity index (χ0) is 21.6. The zero-order valence-electron chi connectivity index (χ0n) is 16.8. The smallest absolute Gasteiger partial charge is 0.321 e. The minimum atomic E-state index is -0.132. The molecule has 0 aliphatic carbocycles. The molecule has 2 heterocycles. The van der Waals surface area contributed by atoms with Crippen LogP contribution in [0.25, 0.3) is 0 Å². The lowest BCUT2D eigenvalue weighted by Crippen LogP contribution is -2.38. The third-order valence-electron chi connectivity index (χ3n) is 5.05. The minimum absolute atomic E-state index is 0.132. The monoisotopic (exact) mass is 452 g/mol. The van der Waals surface area contributed by atoms with Crippen LogP contribution < -0.4 is 10.2 Å². The van der Waals surface area contributed by atoms with E-state index < -0.39 is 0 Å². The van der Waals surface area contributed by atoms with Crippen molar-refractivity contribution < 1.29 is 4.79 Å². The first-order valence-electron chi connectivity index (χ1n) is 9.99. The Morgan fingerprint density at radius 1 is 1.10 bits per heavy atom. The molecule has 0 saturated carbocycles. The maximum Gasteiger partial charge on any atom is 0.321 e. The zero-order valence-corrected chi connectivity index (χ0v) is 18.4. The van der Waals surface area contributed by atoms with Gasteiger partial charge in [-0.25, -0.2) is 9.78 Å². The molecule has 7 nitrogen and oxygen atoms in total. The second-order valence-electron chi connectivity index (χ2n) is 7.24. The van der Waals surface area contributed by atoms with Gasteiger partial charge in [0, 0.05) is 54.8 Å². The average molecular weight is 453 g/mol. The number of anilines is 2. The third kappa shape index (κ3) is 5.51. The van der Waals surface area contributed by atoms with E-state index in [-0.39, 0.29) is 6.03 Å². The number of hydrogen-bond donors (Lipinski definition) is 1. The summed E-state index contributed by atoms with van der Waals surface area (Å²) >= 11 is 7.34. The van der Waals surface area contributed by atoms with Crippen molar-refractivity contribution in [2.75, 3.05) is 36.4 Å². The number of nitrogens with one attached hydrogen (secondary N) is 1. The van der Waals surface area contributed by atoms with Crippen LogP contribution in [0.15, 0.2) is 48.5 Å². The lowest BCUT2D eigenvalue weighted by molar-refractivity contribution is 0.215. The fraction of sp³-hybridized carbons (Fsp3) is 0.273. The molecule has 4 rings (SSSR count). The molecular formula is C22H21ClN6OS. The van der Waals surface area contributed by atoms with Crippen molar-refractivity contribution in [1.82, 2.24) is 14.3 Å². The second kappa shape index (κ2) is 9.77. The second-order valence-corrected chi connectivity index (χ2v) is 8.41. The highest BCUT2D eigenvalue weighted by molar-refractivity contribution is 7.09. The summed E-state index contributed by atoms with van der Waals surface area (Å²) in [5, 5.41) is 13.4. The summed E-state index contributed by atoms with van der Waals surface area (Å²) in [7, 11) is 0. The van der Waals surface area contributed by atoms with Gasteiger partial charge >= 0.3 is 6.03 Å². The summed E-state index contributed by atoms with van der Waals surface area (Å²) in [4.78, 5) is 21.4. The van der Waals surface area contributed by atoms with Crippen LogP contribution in [-0.4, -0.2) is 46.5 Å². The molecule has 2 amide bonds. The number of benzene rings is 2. The number of rotatable bonds is 4. The average Bonchev–Trinajstić information content (AvgIpc) is 3.10. The van der Waals surface area contributed by atoms with Crippen molar-refractivity contribution in [1.29, 1.82) is 5.26 Å². The highest BCUT2D eigenvalue weighted by Gasteiger charge is 2.21. The summed E-state index contributed by atoms with van der Waals surface area (Å²) in [5.41, 5.74) is 2.37. The van der Waals surface area contributed by atoms with Gasteiger partial charge in [-0.1, -0.05) is 23.7 Å². The maximum atomic E-state index is 12.6. The molecule has 31 heavy (non-hydrogen) atoms. The molecule has 1 fully saturated rings. The maximum absolute atomic E-state index is 12.6. The van der Waals surface area contributed by atoms with E-state index in [1.165, 1.54) is 11.5 Å². The van der Waals surface area contributed by atoms with E-state index in [1.807, 2.05) is 29.2 Å². The van der Waals surface area contributed by atoms with Gasteiger partial charge in [-0.3, -0.25) is 0 Å². The van der Waals surface area contributed by atoms with Crippen LogP contribution in [0.1, 0.15) is 23.4 Å². The molecule has 0 bridgehead atoms. The van der Waals surface area contributed by atoms with Gasteiger partial charge in [0.1, 0.15) is 5.82 Å². The summed E-state index contributed by atoms with van der Waals surface area (Å²) in [6.07, 6.45) is 1.52. The SMILES string of the molecule is N#Cc1ccc(NC(=O)N2CCCN(c3nc(Cc4ccc(Cl)cc4)ns3)CC2)cc1. The van der Waals surface area contributed by atoms with Crippen LogP contribution in [0, 0.1) is 11.3 Å². The summed E-state index contributed by atoms with van der Waals surface area (Å²) in [6, 6.07) is 16.5.